The maximum absolute atomic E-state index is 12.0. The Morgan fingerprint density at radius 3 is 2.27 bits per heavy atom. The summed E-state index contributed by atoms with van der Waals surface area (Å²) in [5.41, 5.74) is 0. The highest BCUT2D eigenvalue weighted by atomic mass is 16.5. The fourth-order valence-electron chi connectivity index (χ4n) is 3.16. The zero-order valence-corrected chi connectivity index (χ0v) is 16.6. The molecule has 0 unspecified atom stereocenters. The van der Waals surface area contributed by atoms with Crippen molar-refractivity contribution in [2.24, 2.45) is 11.8 Å². The van der Waals surface area contributed by atoms with Crippen molar-refractivity contribution in [1.82, 2.24) is 10.6 Å². The molecule has 1 rings (SSSR count). The van der Waals surface area contributed by atoms with Crippen LogP contribution in [0.3, 0.4) is 0 Å². The van der Waals surface area contributed by atoms with Gasteiger partial charge in [0, 0.05) is 44.6 Å². The minimum absolute atomic E-state index is 0.00570. The van der Waals surface area contributed by atoms with Crippen LogP contribution in [0.25, 0.3) is 0 Å². The molecule has 0 radical (unpaired) electrons. The van der Waals surface area contributed by atoms with E-state index in [4.69, 9.17) is 4.74 Å². The Morgan fingerprint density at radius 1 is 1.00 bits per heavy atom. The molecular weight excluding hydrogens is 332 g/mol. The third-order valence-corrected chi connectivity index (χ3v) is 4.71. The summed E-state index contributed by atoms with van der Waals surface area (Å²) in [7, 11) is 0. The third kappa shape index (κ3) is 10.5. The number of hydrogen-bond acceptors (Lipinski definition) is 4. The van der Waals surface area contributed by atoms with Crippen molar-refractivity contribution in [3.63, 3.8) is 0 Å². The molecule has 0 aromatic carbocycles. The maximum Gasteiger partial charge on any atom is 0.220 e. The van der Waals surface area contributed by atoms with Gasteiger partial charge in [0.15, 0.2) is 0 Å². The van der Waals surface area contributed by atoms with Crippen molar-refractivity contribution in [2.75, 3.05) is 19.8 Å². The molecule has 0 aromatic heterocycles. The Kier molecular flexibility index (Phi) is 11.2. The molecule has 1 saturated carbocycles. The summed E-state index contributed by atoms with van der Waals surface area (Å²) >= 11 is 0. The van der Waals surface area contributed by atoms with E-state index in [0.717, 1.165) is 38.7 Å². The zero-order valence-electron chi connectivity index (χ0n) is 16.6. The second-order valence-corrected chi connectivity index (χ2v) is 7.75. The number of amides is 2. The Balaban J connectivity index is 2.00. The van der Waals surface area contributed by atoms with Gasteiger partial charge in [0.05, 0.1) is 0 Å². The molecule has 2 N–H and O–H groups in total. The average Bonchev–Trinajstić information content (AvgIpc) is 2.58. The molecule has 0 spiro atoms. The van der Waals surface area contributed by atoms with Gasteiger partial charge in [0.1, 0.15) is 5.78 Å². The molecule has 1 aliphatic rings. The minimum Gasteiger partial charge on any atom is -0.381 e. The van der Waals surface area contributed by atoms with E-state index in [1.54, 1.807) is 6.92 Å². The topological polar surface area (TPSA) is 84.5 Å². The van der Waals surface area contributed by atoms with Crippen molar-refractivity contribution in [1.29, 1.82) is 0 Å². The number of nitrogens with one attached hydrogen (secondary N) is 2. The number of rotatable bonds is 12. The Labute approximate surface area is 157 Å². The van der Waals surface area contributed by atoms with E-state index in [2.05, 4.69) is 24.5 Å². The van der Waals surface area contributed by atoms with Gasteiger partial charge >= 0.3 is 0 Å². The summed E-state index contributed by atoms with van der Waals surface area (Å²) in [4.78, 5) is 35.1. The van der Waals surface area contributed by atoms with Crippen LogP contribution in [0, 0.1) is 11.8 Å². The Morgan fingerprint density at radius 2 is 1.65 bits per heavy atom. The number of hydrogen-bond donors (Lipinski definition) is 2. The summed E-state index contributed by atoms with van der Waals surface area (Å²) in [5, 5.41) is 5.89. The van der Waals surface area contributed by atoms with Crippen molar-refractivity contribution in [2.45, 2.75) is 78.2 Å². The lowest BCUT2D eigenvalue weighted by molar-refractivity contribution is -0.123. The predicted octanol–water partition coefficient (Wildman–Crippen LogP) is 2.60. The fraction of sp³-hybridized carbons (Fsp3) is 0.850. The standard InChI is InChI=1S/C20H36N2O4/c1-15(2)14-26-13-5-12-21-19(24)6-4-7-20(25)22-18-10-8-17(9-11-18)16(3)23/h15,17-18H,4-14H2,1-3H3,(H,21,24)(H,22,25). The lowest BCUT2D eigenvalue weighted by atomic mass is 9.84. The van der Waals surface area contributed by atoms with Gasteiger partial charge < -0.3 is 15.4 Å². The molecule has 0 saturated heterocycles. The molecule has 1 aliphatic carbocycles. The Bertz CT molecular complexity index is 443. The summed E-state index contributed by atoms with van der Waals surface area (Å²) in [6.45, 7) is 7.88. The maximum atomic E-state index is 12.0. The molecule has 6 nitrogen and oxygen atoms in total. The van der Waals surface area contributed by atoms with Crippen molar-refractivity contribution >= 4 is 17.6 Å². The van der Waals surface area contributed by atoms with Crippen molar-refractivity contribution in [3.8, 4) is 0 Å². The molecule has 150 valence electrons. The van der Waals surface area contributed by atoms with Gasteiger partial charge in [-0.3, -0.25) is 14.4 Å². The minimum atomic E-state index is -0.0105. The number of ether oxygens (including phenoxy) is 1. The summed E-state index contributed by atoms with van der Waals surface area (Å²) in [6, 6.07) is 0.178. The lowest BCUT2D eigenvalue weighted by Crippen LogP contribution is -2.38. The van der Waals surface area contributed by atoms with Crippen LogP contribution in [0.5, 0.6) is 0 Å². The largest absolute Gasteiger partial charge is 0.381 e. The van der Waals surface area contributed by atoms with E-state index in [1.165, 1.54) is 0 Å². The van der Waals surface area contributed by atoms with Crippen LogP contribution in [0.2, 0.25) is 0 Å². The Hall–Kier alpha value is -1.43. The van der Waals surface area contributed by atoms with E-state index in [-0.39, 0.29) is 29.6 Å². The van der Waals surface area contributed by atoms with Gasteiger partial charge in [-0.15, -0.1) is 0 Å². The van der Waals surface area contributed by atoms with Gasteiger partial charge in [0.2, 0.25) is 11.8 Å². The van der Waals surface area contributed by atoms with Gasteiger partial charge in [-0.05, 0) is 51.4 Å². The SMILES string of the molecule is CC(=O)C1CCC(NC(=O)CCCC(=O)NCCCOCC(C)C)CC1. The number of ketones is 1. The molecule has 0 aromatic rings. The van der Waals surface area contributed by atoms with Crippen LogP contribution in [-0.2, 0) is 19.1 Å². The first kappa shape index (κ1) is 22.6. The molecule has 0 bridgehead atoms. The smallest absolute Gasteiger partial charge is 0.220 e. The normalized spacial score (nSPS) is 20.0. The summed E-state index contributed by atoms with van der Waals surface area (Å²) in [5.74, 6) is 0.949. The first-order valence-corrected chi connectivity index (χ1v) is 10.0. The highest BCUT2D eigenvalue weighted by Crippen LogP contribution is 2.24. The molecule has 0 heterocycles. The lowest BCUT2D eigenvalue weighted by Gasteiger charge is -2.27. The number of carbonyl (C=O) groups excluding carboxylic acids is 3. The molecular formula is C20H36N2O4. The molecule has 2 amide bonds. The van der Waals surface area contributed by atoms with Crippen LogP contribution in [0.1, 0.15) is 72.1 Å². The van der Waals surface area contributed by atoms with Crippen LogP contribution >= 0.6 is 0 Å². The zero-order chi connectivity index (χ0) is 19.4. The monoisotopic (exact) mass is 368 g/mol. The van der Waals surface area contributed by atoms with Crippen LogP contribution in [0.15, 0.2) is 0 Å². The van der Waals surface area contributed by atoms with E-state index < -0.39 is 0 Å². The number of carbonyl (C=O) groups is 3. The van der Waals surface area contributed by atoms with E-state index >= 15 is 0 Å². The molecule has 0 atom stereocenters. The van der Waals surface area contributed by atoms with Crippen LogP contribution < -0.4 is 10.6 Å². The predicted molar refractivity (Wildman–Crippen MR) is 102 cm³/mol. The van der Waals surface area contributed by atoms with Gasteiger partial charge in [-0.25, -0.2) is 0 Å². The van der Waals surface area contributed by atoms with Crippen molar-refractivity contribution < 1.29 is 19.1 Å². The number of Topliss-reactive ketones (excluding diaryl/α,β-unsaturated/α-hetero) is 1. The average molecular weight is 369 g/mol. The van der Waals surface area contributed by atoms with E-state index in [0.29, 0.717) is 38.3 Å². The highest BCUT2D eigenvalue weighted by Gasteiger charge is 2.24. The van der Waals surface area contributed by atoms with Crippen molar-refractivity contribution in [3.05, 3.63) is 0 Å². The fourth-order valence-corrected chi connectivity index (χ4v) is 3.16. The first-order chi connectivity index (χ1) is 12.4. The van der Waals surface area contributed by atoms with E-state index in [9.17, 15) is 14.4 Å². The van der Waals surface area contributed by atoms with Gasteiger partial charge in [-0.2, -0.15) is 0 Å². The quantitative estimate of drug-likeness (QED) is 0.519. The van der Waals surface area contributed by atoms with Crippen LogP contribution in [-0.4, -0.2) is 43.4 Å². The van der Waals surface area contributed by atoms with Crippen LogP contribution in [0.4, 0.5) is 0 Å². The molecule has 1 fully saturated rings. The third-order valence-electron chi connectivity index (χ3n) is 4.71. The molecule has 6 heteroatoms. The molecule has 26 heavy (non-hydrogen) atoms. The second-order valence-electron chi connectivity index (χ2n) is 7.75. The summed E-state index contributed by atoms with van der Waals surface area (Å²) < 4.78 is 5.46. The van der Waals surface area contributed by atoms with Gasteiger partial charge in [0.25, 0.3) is 0 Å². The van der Waals surface area contributed by atoms with E-state index in [1.807, 2.05) is 0 Å². The second kappa shape index (κ2) is 12.8. The first-order valence-electron chi connectivity index (χ1n) is 10.0. The molecule has 0 aliphatic heterocycles. The van der Waals surface area contributed by atoms with Gasteiger partial charge in [-0.1, -0.05) is 13.8 Å². The highest BCUT2D eigenvalue weighted by molar-refractivity contribution is 5.79. The summed E-state index contributed by atoms with van der Waals surface area (Å²) in [6.07, 6.45) is 5.58.